The number of alkyl carbamates (subject to hydrolysis) is 1. The third-order valence-corrected chi connectivity index (χ3v) is 6.12. The molecule has 1 N–H and O–H groups in total. The van der Waals surface area contributed by atoms with E-state index in [2.05, 4.69) is 20.2 Å². The Hall–Kier alpha value is -3.07. The number of likely N-dealkylation sites (tertiary alicyclic amines) is 1. The summed E-state index contributed by atoms with van der Waals surface area (Å²) in [6, 6.07) is 8.29. The van der Waals surface area contributed by atoms with Crippen molar-refractivity contribution < 1.29 is 19.1 Å². The normalized spacial score (nSPS) is 15.3. The molecule has 0 spiro atoms. The lowest BCUT2D eigenvalue weighted by molar-refractivity contribution is -0.135. The molecule has 9 nitrogen and oxygen atoms in total. The summed E-state index contributed by atoms with van der Waals surface area (Å²) in [7, 11) is 3.52. The zero-order chi connectivity index (χ0) is 25.6. The topological polar surface area (TPSA) is 96.9 Å². The van der Waals surface area contributed by atoms with Gasteiger partial charge < -0.3 is 24.6 Å². The molecule has 0 saturated carbocycles. The number of hydrogen-bond acceptors (Lipinski definition) is 7. The van der Waals surface area contributed by atoms with Crippen molar-refractivity contribution in [1.82, 2.24) is 20.2 Å². The fourth-order valence-corrected chi connectivity index (χ4v) is 4.29. The third kappa shape index (κ3) is 7.45. The van der Waals surface area contributed by atoms with Crippen LogP contribution in [0.3, 0.4) is 0 Å². The van der Waals surface area contributed by atoms with Crippen LogP contribution in [0.15, 0.2) is 36.5 Å². The molecule has 1 fully saturated rings. The molecule has 0 aliphatic carbocycles. The number of aromatic nitrogens is 2. The number of halogens is 1. The minimum Gasteiger partial charge on any atom is -0.467 e. The maximum Gasteiger partial charge on any atom is 0.408 e. The Kier molecular flexibility index (Phi) is 8.77. The van der Waals surface area contributed by atoms with Crippen LogP contribution in [0, 0.1) is 5.92 Å². The smallest absolute Gasteiger partial charge is 0.408 e. The van der Waals surface area contributed by atoms with Gasteiger partial charge in [0.05, 0.1) is 7.11 Å². The summed E-state index contributed by atoms with van der Waals surface area (Å²) in [5.41, 5.74) is -0.138. The van der Waals surface area contributed by atoms with Gasteiger partial charge in [-0.3, -0.25) is 4.79 Å². The van der Waals surface area contributed by atoms with Gasteiger partial charge in [0.2, 0.25) is 5.91 Å². The minimum absolute atomic E-state index is 0.198. The summed E-state index contributed by atoms with van der Waals surface area (Å²) in [4.78, 5) is 38.3. The first-order valence-corrected chi connectivity index (χ1v) is 12.1. The van der Waals surface area contributed by atoms with Crippen LogP contribution in [0.5, 0.6) is 6.01 Å². The summed E-state index contributed by atoms with van der Waals surface area (Å²) < 4.78 is 10.5. The number of methoxy groups -OCH3 is 1. The van der Waals surface area contributed by atoms with E-state index in [4.69, 9.17) is 21.1 Å². The molecule has 1 aliphatic heterocycles. The van der Waals surface area contributed by atoms with Crippen molar-refractivity contribution in [2.75, 3.05) is 38.7 Å². The average Bonchev–Trinajstić information content (AvgIpc) is 2.82. The maximum absolute atomic E-state index is 13.5. The highest BCUT2D eigenvalue weighted by Crippen LogP contribution is 2.28. The highest BCUT2D eigenvalue weighted by Gasteiger charge is 2.33. The molecule has 2 aromatic rings. The quantitative estimate of drug-likeness (QED) is 0.608. The number of piperidine rings is 1. The highest BCUT2D eigenvalue weighted by atomic mass is 35.5. The SMILES string of the molecule is COc1nccc(N(C)CC2CCN(C(=O)C(NC(=O)OC(C)(C)C)c3ccccc3Cl)CC2)n1. The van der Waals surface area contributed by atoms with Crippen LogP contribution in [0.25, 0.3) is 0 Å². The number of nitrogens with zero attached hydrogens (tertiary/aromatic N) is 4. The van der Waals surface area contributed by atoms with E-state index in [1.165, 1.54) is 0 Å². The molecule has 10 heteroatoms. The van der Waals surface area contributed by atoms with E-state index in [-0.39, 0.29) is 5.91 Å². The third-order valence-electron chi connectivity index (χ3n) is 5.77. The van der Waals surface area contributed by atoms with Crippen LogP contribution in [-0.2, 0) is 9.53 Å². The summed E-state index contributed by atoms with van der Waals surface area (Å²) in [6.45, 7) is 7.30. The number of nitrogens with one attached hydrogen (secondary N) is 1. The zero-order valence-corrected chi connectivity index (χ0v) is 21.7. The van der Waals surface area contributed by atoms with Crippen LogP contribution >= 0.6 is 11.6 Å². The minimum atomic E-state index is -0.925. The first kappa shape index (κ1) is 26.5. The van der Waals surface area contributed by atoms with Crippen molar-refractivity contribution in [3.8, 4) is 6.01 Å². The summed E-state index contributed by atoms with van der Waals surface area (Å²) in [6.07, 6.45) is 2.68. The fraction of sp³-hybridized carbons (Fsp3) is 0.520. The first-order valence-electron chi connectivity index (χ1n) is 11.7. The van der Waals surface area contributed by atoms with E-state index in [0.29, 0.717) is 35.6 Å². The van der Waals surface area contributed by atoms with Crippen molar-refractivity contribution >= 4 is 29.4 Å². The van der Waals surface area contributed by atoms with Gasteiger partial charge in [0, 0.05) is 43.5 Å². The second-order valence-electron chi connectivity index (χ2n) is 9.65. The molecule has 1 saturated heterocycles. The van der Waals surface area contributed by atoms with Crippen molar-refractivity contribution in [3.63, 3.8) is 0 Å². The van der Waals surface area contributed by atoms with Crippen molar-refractivity contribution in [1.29, 1.82) is 0 Å². The average molecular weight is 504 g/mol. The number of carbonyl (C=O) groups excluding carboxylic acids is 2. The highest BCUT2D eigenvalue weighted by molar-refractivity contribution is 6.31. The number of carbonyl (C=O) groups is 2. The van der Waals surface area contributed by atoms with E-state index in [1.807, 2.05) is 13.1 Å². The van der Waals surface area contributed by atoms with Gasteiger partial charge in [0.25, 0.3) is 0 Å². The Morgan fingerprint density at radius 2 is 1.91 bits per heavy atom. The number of amides is 2. The molecule has 0 radical (unpaired) electrons. The fourth-order valence-electron chi connectivity index (χ4n) is 4.05. The largest absolute Gasteiger partial charge is 0.467 e. The zero-order valence-electron chi connectivity index (χ0n) is 21.0. The van der Waals surface area contributed by atoms with Gasteiger partial charge in [-0.25, -0.2) is 9.78 Å². The number of anilines is 1. The molecule has 1 aromatic carbocycles. The molecular weight excluding hydrogens is 470 g/mol. The Balaban J connectivity index is 1.65. The molecular formula is C25H34ClN5O4. The standard InChI is InChI=1S/C25H34ClN5O4/c1-25(2,3)35-24(33)29-21(18-8-6-7-9-19(18)26)22(32)31-14-11-17(12-15-31)16-30(4)20-10-13-27-23(28-20)34-5/h6-10,13,17,21H,11-12,14-16H2,1-5H3,(H,29,33). The lowest BCUT2D eigenvalue weighted by Crippen LogP contribution is -2.48. The van der Waals surface area contributed by atoms with Gasteiger partial charge in [-0.15, -0.1) is 0 Å². The summed E-state index contributed by atoms with van der Waals surface area (Å²) >= 11 is 6.39. The van der Waals surface area contributed by atoms with Crippen LogP contribution in [0.1, 0.15) is 45.2 Å². The Labute approximate surface area is 211 Å². The molecule has 3 rings (SSSR count). The van der Waals surface area contributed by atoms with Gasteiger partial charge in [0.1, 0.15) is 17.5 Å². The Morgan fingerprint density at radius 1 is 1.23 bits per heavy atom. The van der Waals surface area contributed by atoms with Gasteiger partial charge in [-0.2, -0.15) is 4.98 Å². The van der Waals surface area contributed by atoms with E-state index in [9.17, 15) is 9.59 Å². The second-order valence-corrected chi connectivity index (χ2v) is 10.1. The molecule has 190 valence electrons. The molecule has 2 heterocycles. The molecule has 1 unspecified atom stereocenters. The molecule has 1 atom stereocenters. The van der Waals surface area contributed by atoms with E-state index in [1.54, 1.807) is 63.2 Å². The van der Waals surface area contributed by atoms with Crippen LogP contribution in [-0.4, -0.2) is 66.3 Å². The molecule has 1 aromatic heterocycles. The number of hydrogen-bond donors (Lipinski definition) is 1. The number of rotatable bonds is 7. The Morgan fingerprint density at radius 3 is 2.54 bits per heavy atom. The van der Waals surface area contributed by atoms with Gasteiger partial charge in [0.15, 0.2) is 0 Å². The van der Waals surface area contributed by atoms with Crippen molar-refractivity contribution in [2.45, 2.75) is 45.3 Å². The van der Waals surface area contributed by atoms with E-state index in [0.717, 1.165) is 25.2 Å². The van der Waals surface area contributed by atoms with Gasteiger partial charge >= 0.3 is 12.1 Å². The maximum atomic E-state index is 13.5. The predicted molar refractivity (Wildman–Crippen MR) is 135 cm³/mol. The number of ether oxygens (including phenoxy) is 2. The molecule has 35 heavy (non-hydrogen) atoms. The first-order chi connectivity index (χ1) is 16.6. The second kappa shape index (κ2) is 11.6. The summed E-state index contributed by atoms with van der Waals surface area (Å²) in [5.74, 6) is 0.981. The van der Waals surface area contributed by atoms with E-state index < -0.39 is 17.7 Å². The summed E-state index contributed by atoms with van der Waals surface area (Å²) in [5, 5.41) is 3.15. The van der Waals surface area contributed by atoms with Crippen LogP contribution in [0.4, 0.5) is 10.6 Å². The van der Waals surface area contributed by atoms with Crippen LogP contribution in [0.2, 0.25) is 5.02 Å². The molecule has 0 bridgehead atoms. The predicted octanol–water partition coefficient (Wildman–Crippen LogP) is 4.08. The van der Waals surface area contributed by atoms with Crippen molar-refractivity contribution in [3.05, 3.63) is 47.1 Å². The number of benzene rings is 1. The molecule has 1 aliphatic rings. The van der Waals surface area contributed by atoms with Crippen LogP contribution < -0.4 is 15.0 Å². The van der Waals surface area contributed by atoms with Gasteiger partial charge in [-0.05, 0) is 51.7 Å². The lowest BCUT2D eigenvalue weighted by atomic mass is 9.95. The van der Waals surface area contributed by atoms with Gasteiger partial charge in [-0.1, -0.05) is 29.8 Å². The van der Waals surface area contributed by atoms with E-state index >= 15 is 0 Å². The van der Waals surface area contributed by atoms with Crippen molar-refractivity contribution in [2.24, 2.45) is 5.92 Å². The Bertz CT molecular complexity index is 1020. The monoisotopic (exact) mass is 503 g/mol. The molecule has 2 amide bonds. The lowest BCUT2D eigenvalue weighted by Gasteiger charge is -2.36.